The first kappa shape index (κ1) is 16.6. The summed E-state index contributed by atoms with van der Waals surface area (Å²) in [5, 5.41) is 16.6. The maximum atomic E-state index is 12.7. The second-order valence-corrected chi connectivity index (χ2v) is 7.18. The molecule has 1 aliphatic rings. The van der Waals surface area contributed by atoms with Gasteiger partial charge in [0.05, 0.1) is 23.1 Å². The van der Waals surface area contributed by atoms with Gasteiger partial charge in [-0.3, -0.25) is 0 Å². The van der Waals surface area contributed by atoms with Crippen molar-refractivity contribution in [1.29, 1.82) is 5.26 Å². The van der Waals surface area contributed by atoms with E-state index >= 15 is 0 Å². The predicted molar refractivity (Wildman–Crippen MR) is 82.3 cm³/mol. The Hall–Kier alpha value is -2.28. The number of morpholine rings is 1. The van der Waals surface area contributed by atoms with Gasteiger partial charge in [-0.25, -0.2) is 8.42 Å². The van der Waals surface area contributed by atoms with E-state index in [0.717, 1.165) is 0 Å². The average molecular weight is 348 g/mol. The normalized spacial score (nSPS) is 19.1. The van der Waals surface area contributed by atoms with Gasteiger partial charge in [-0.1, -0.05) is 6.92 Å². The molecule has 0 radical (unpaired) electrons. The molecule has 0 saturated carbocycles. The average Bonchev–Trinajstić information content (AvgIpc) is 3.11. The number of sulfonamides is 1. The molecule has 1 aliphatic heterocycles. The summed E-state index contributed by atoms with van der Waals surface area (Å²) in [6.07, 6.45) is 0.0205. The topological polar surface area (TPSA) is 109 Å². The monoisotopic (exact) mass is 348 g/mol. The van der Waals surface area contributed by atoms with Gasteiger partial charge in [-0.15, -0.1) is 10.2 Å². The van der Waals surface area contributed by atoms with Crippen LogP contribution in [0.3, 0.4) is 0 Å². The Morgan fingerprint density at radius 1 is 1.33 bits per heavy atom. The van der Waals surface area contributed by atoms with E-state index in [1.54, 1.807) is 0 Å². The maximum Gasteiger partial charge on any atom is 0.246 e. The van der Waals surface area contributed by atoms with Crippen molar-refractivity contribution in [2.45, 2.75) is 24.3 Å². The molecule has 1 aromatic heterocycles. The number of nitrogens with zero attached hydrogens (tertiary/aromatic N) is 4. The van der Waals surface area contributed by atoms with Crippen LogP contribution >= 0.6 is 0 Å². The van der Waals surface area contributed by atoms with Gasteiger partial charge in [-0.05, 0) is 24.3 Å². The van der Waals surface area contributed by atoms with Gasteiger partial charge < -0.3 is 9.15 Å². The molecule has 1 atom stereocenters. The van der Waals surface area contributed by atoms with Gasteiger partial charge >= 0.3 is 0 Å². The first-order valence-corrected chi connectivity index (χ1v) is 8.92. The number of nitriles is 1. The molecule has 0 unspecified atom stereocenters. The van der Waals surface area contributed by atoms with Crippen LogP contribution in [-0.2, 0) is 21.2 Å². The molecule has 9 heteroatoms. The third-order valence-electron chi connectivity index (χ3n) is 3.71. The fraction of sp³-hybridized carbons (Fsp3) is 0.400. The van der Waals surface area contributed by atoms with Crippen LogP contribution in [0.4, 0.5) is 0 Å². The fourth-order valence-electron chi connectivity index (χ4n) is 2.38. The number of ether oxygens (including phenoxy) is 1. The molecule has 0 N–H and O–H groups in total. The molecule has 1 saturated heterocycles. The summed E-state index contributed by atoms with van der Waals surface area (Å²) in [5.41, 5.74) is 0.409. The zero-order valence-electron chi connectivity index (χ0n) is 13.0. The van der Waals surface area contributed by atoms with Gasteiger partial charge in [-0.2, -0.15) is 9.57 Å². The van der Waals surface area contributed by atoms with Gasteiger partial charge in [0.15, 0.2) is 0 Å². The fourth-order valence-corrected chi connectivity index (χ4v) is 3.81. The summed E-state index contributed by atoms with van der Waals surface area (Å²) < 4.78 is 37.9. The highest BCUT2D eigenvalue weighted by atomic mass is 32.2. The minimum Gasteiger partial charge on any atom is -0.422 e. The molecule has 1 aromatic carbocycles. The third kappa shape index (κ3) is 3.17. The molecule has 0 bridgehead atoms. The smallest absolute Gasteiger partial charge is 0.246 e. The van der Waals surface area contributed by atoms with Crippen LogP contribution in [0.15, 0.2) is 33.6 Å². The molecular weight excluding hydrogens is 332 g/mol. The summed E-state index contributed by atoms with van der Waals surface area (Å²) in [6.45, 7) is 2.48. The minimum atomic E-state index is -3.67. The molecule has 2 aromatic rings. The van der Waals surface area contributed by atoms with Gasteiger partial charge in [0.2, 0.25) is 21.8 Å². The Kier molecular flexibility index (Phi) is 4.62. The zero-order chi connectivity index (χ0) is 17.2. The largest absolute Gasteiger partial charge is 0.422 e. The molecule has 3 rings (SSSR count). The van der Waals surface area contributed by atoms with Gasteiger partial charge in [0.25, 0.3) is 0 Å². The van der Waals surface area contributed by atoms with Crippen molar-refractivity contribution < 1.29 is 17.6 Å². The zero-order valence-corrected chi connectivity index (χ0v) is 13.9. The predicted octanol–water partition coefficient (Wildman–Crippen LogP) is 1.27. The van der Waals surface area contributed by atoms with Crippen molar-refractivity contribution in [3.8, 4) is 6.07 Å². The molecule has 2 heterocycles. The Morgan fingerprint density at radius 2 is 2.08 bits per heavy atom. The number of rotatable bonds is 4. The van der Waals surface area contributed by atoms with E-state index in [1.165, 1.54) is 28.6 Å². The maximum absolute atomic E-state index is 12.7. The second-order valence-electron chi connectivity index (χ2n) is 5.25. The summed E-state index contributed by atoms with van der Waals surface area (Å²) >= 11 is 0. The summed E-state index contributed by atoms with van der Waals surface area (Å²) in [4.78, 5) is 0.141. The van der Waals surface area contributed by atoms with Crippen molar-refractivity contribution in [3.05, 3.63) is 41.6 Å². The molecule has 0 aliphatic carbocycles. The number of hydrogen-bond acceptors (Lipinski definition) is 7. The van der Waals surface area contributed by atoms with Crippen molar-refractivity contribution in [2.24, 2.45) is 0 Å². The van der Waals surface area contributed by atoms with Crippen LogP contribution in [0.5, 0.6) is 0 Å². The highest BCUT2D eigenvalue weighted by Gasteiger charge is 2.33. The van der Waals surface area contributed by atoms with Crippen LogP contribution in [-0.4, -0.2) is 42.6 Å². The van der Waals surface area contributed by atoms with Crippen molar-refractivity contribution >= 4 is 10.0 Å². The summed E-state index contributed by atoms with van der Waals surface area (Å²) in [5.74, 6) is 0.771. The number of aromatic nitrogens is 2. The molecule has 24 heavy (non-hydrogen) atoms. The van der Waals surface area contributed by atoms with Crippen molar-refractivity contribution in [3.63, 3.8) is 0 Å². The van der Waals surface area contributed by atoms with Crippen LogP contribution in [0.25, 0.3) is 0 Å². The van der Waals surface area contributed by atoms with Gasteiger partial charge in [0, 0.05) is 19.5 Å². The molecule has 8 nitrogen and oxygen atoms in total. The molecule has 126 valence electrons. The Labute approximate surface area is 139 Å². The quantitative estimate of drug-likeness (QED) is 0.818. The van der Waals surface area contributed by atoms with Crippen molar-refractivity contribution in [2.75, 3.05) is 19.7 Å². The van der Waals surface area contributed by atoms with Crippen molar-refractivity contribution in [1.82, 2.24) is 14.5 Å². The van der Waals surface area contributed by atoms with E-state index in [0.29, 0.717) is 17.9 Å². The van der Waals surface area contributed by atoms with Crippen LogP contribution in [0.1, 0.15) is 30.4 Å². The second kappa shape index (κ2) is 6.68. The lowest BCUT2D eigenvalue weighted by Crippen LogP contribution is -2.42. The van der Waals surface area contributed by atoms with E-state index in [2.05, 4.69) is 10.2 Å². The Bertz CT molecular complexity index is 854. The minimum absolute atomic E-state index is 0.105. The van der Waals surface area contributed by atoms with E-state index in [9.17, 15) is 8.42 Å². The van der Waals surface area contributed by atoms with Gasteiger partial charge in [0.1, 0.15) is 6.10 Å². The standard InChI is InChI=1S/C15H16N4O4S/c1-2-14-17-18-15(23-14)13-10-19(7-8-22-13)24(20,21)12-5-3-11(9-16)4-6-12/h3-6,13H,2,7-8,10H2,1H3/t13-/m1/s1. The number of benzene rings is 1. The SMILES string of the molecule is CCc1nnc([C@H]2CN(S(=O)(=O)c3ccc(C#N)cc3)CCO2)o1. The van der Waals surface area contributed by atoms with Crippen LogP contribution < -0.4 is 0 Å². The lowest BCUT2D eigenvalue weighted by Gasteiger charge is -2.30. The summed E-state index contributed by atoms with van der Waals surface area (Å²) in [7, 11) is -3.67. The number of aryl methyl sites for hydroxylation is 1. The first-order chi connectivity index (χ1) is 11.5. The number of hydrogen-bond donors (Lipinski definition) is 0. The lowest BCUT2D eigenvalue weighted by molar-refractivity contribution is -0.0177. The van der Waals surface area contributed by atoms with E-state index in [-0.39, 0.29) is 30.5 Å². The lowest BCUT2D eigenvalue weighted by atomic mass is 10.2. The molecule has 0 amide bonds. The first-order valence-electron chi connectivity index (χ1n) is 7.48. The van der Waals surface area contributed by atoms with E-state index < -0.39 is 16.1 Å². The molecule has 0 spiro atoms. The molecule has 1 fully saturated rings. The van der Waals surface area contributed by atoms with Crippen LogP contribution in [0, 0.1) is 11.3 Å². The third-order valence-corrected chi connectivity index (χ3v) is 5.59. The summed E-state index contributed by atoms with van der Waals surface area (Å²) in [6, 6.07) is 7.79. The Morgan fingerprint density at radius 3 is 2.71 bits per heavy atom. The highest BCUT2D eigenvalue weighted by molar-refractivity contribution is 7.89. The molecular formula is C15H16N4O4S. The Balaban J connectivity index is 1.81. The van der Waals surface area contributed by atoms with E-state index in [1.807, 2.05) is 13.0 Å². The van der Waals surface area contributed by atoms with E-state index in [4.69, 9.17) is 14.4 Å². The van der Waals surface area contributed by atoms with Crippen LogP contribution in [0.2, 0.25) is 0 Å². The highest BCUT2D eigenvalue weighted by Crippen LogP contribution is 2.26.